The van der Waals surface area contributed by atoms with E-state index in [1.807, 2.05) is 6.20 Å². The molecule has 1 aliphatic rings. The molecule has 61 heavy (non-hydrogen) atoms. The Kier molecular flexibility index (Phi) is 10.7. The second kappa shape index (κ2) is 15.6. The minimum Gasteiger partial charge on any atom is -0.360 e. The van der Waals surface area contributed by atoms with E-state index in [4.69, 9.17) is 9.97 Å². The molecule has 6 nitrogen and oxygen atoms in total. The van der Waals surface area contributed by atoms with Crippen molar-refractivity contribution in [2.24, 2.45) is 0 Å². The highest BCUT2D eigenvalue weighted by atomic mass is 15.3. The number of pyridine rings is 1. The number of para-hydroxylation sites is 4. The number of hydrogen-bond acceptors (Lipinski definition) is 4. The molecule has 0 amide bonds. The Morgan fingerprint density at radius 3 is 1.74 bits per heavy atom. The predicted molar refractivity (Wildman–Crippen MR) is 259 cm³/mol. The summed E-state index contributed by atoms with van der Waals surface area (Å²) in [5.74, 6) is 2.53. The van der Waals surface area contributed by atoms with Gasteiger partial charge < -0.3 is 14.6 Å². The third kappa shape index (κ3) is 7.20. The fourth-order valence-electron chi connectivity index (χ4n) is 9.20. The van der Waals surface area contributed by atoms with Crippen LogP contribution in [0.15, 0.2) is 128 Å². The van der Waals surface area contributed by atoms with Gasteiger partial charge in [0.15, 0.2) is 5.82 Å². The molecule has 0 unspecified atom stereocenters. The Balaban J connectivity index is 1.34. The number of nitrogens with zero attached hydrogens (tertiary/aromatic N) is 5. The monoisotopic (exact) mass is 807 g/mol. The van der Waals surface area contributed by atoms with E-state index in [9.17, 15) is 0 Å². The zero-order valence-corrected chi connectivity index (χ0v) is 38.6. The van der Waals surface area contributed by atoms with Crippen molar-refractivity contribution < 1.29 is 0 Å². The van der Waals surface area contributed by atoms with E-state index in [-0.39, 0.29) is 12.4 Å². The fraction of sp³-hybridized carbons (Fsp3) is 0.333. The summed E-state index contributed by atoms with van der Waals surface area (Å²) in [5.41, 5.74) is 14.3. The Morgan fingerprint density at radius 2 is 1.16 bits per heavy atom. The van der Waals surface area contributed by atoms with E-state index < -0.39 is 10.8 Å². The van der Waals surface area contributed by atoms with Gasteiger partial charge in [0.25, 0.3) is 0 Å². The standard InChI is InChI=1S/C54H63BN6/c1-35(2)41-26-20-27-42(36(3)4)50(41)59-34-47(58-51(59)43-28-21-31-56-43)54(12,13)53(10,11)46-32-39(52(7,8)9)33-48(57-46)61-45-30-18-17-29-44(45)60(40-24-15-14-16-25-40)55(61)49-37(5)22-19-23-38(49)6/h14-36,56H,1-13H3. The molecule has 0 bridgehead atoms. The summed E-state index contributed by atoms with van der Waals surface area (Å²) in [6, 6.07) is 42.0. The van der Waals surface area contributed by atoms with E-state index in [2.05, 4.69) is 231 Å². The molecule has 4 aromatic carbocycles. The van der Waals surface area contributed by atoms with Gasteiger partial charge in [-0.2, -0.15) is 0 Å². The number of benzene rings is 4. The van der Waals surface area contributed by atoms with Crippen molar-refractivity contribution in [3.05, 3.63) is 167 Å². The first kappa shape index (κ1) is 41.9. The zero-order chi connectivity index (χ0) is 43.6. The molecular weight excluding hydrogens is 743 g/mol. The molecule has 0 saturated heterocycles. The molecule has 7 aromatic rings. The van der Waals surface area contributed by atoms with Gasteiger partial charge in [0.2, 0.25) is 0 Å². The average Bonchev–Trinajstić information content (AvgIpc) is 3.99. The van der Waals surface area contributed by atoms with Crippen molar-refractivity contribution in [2.45, 2.75) is 118 Å². The quantitative estimate of drug-likeness (QED) is 0.140. The molecular formula is C54H63BN6. The number of aromatic nitrogens is 4. The number of aromatic amines is 1. The maximum atomic E-state index is 5.82. The number of fused-ring (bicyclic) bond motifs is 1. The number of anilines is 4. The molecule has 8 rings (SSSR count). The lowest BCUT2D eigenvalue weighted by molar-refractivity contribution is 0.289. The summed E-state index contributed by atoms with van der Waals surface area (Å²) in [6.07, 6.45) is 4.30. The molecule has 1 aliphatic heterocycles. The van der Waals surface area contributed by atoms with E-state index in [0.717, 1.165) is 45.8 Å². The van der Waals surface area contributed by atoms with Gasteiger partial charge in [-0.15, -0.1) is 0 Å². The largest absolute Gasteiger partial charge is 0.422 e. The van der Waals surface area contributed by atoms with Crippen molar-refractivity contribution in [3.63, 3.8) is 0 Å². The molecule has 0 radical (unpaired) electrons. The second-order valence-corrected chi connectivity index (χ2v) is 19.8. The van der Waals surface area contributed by atoms with Crippen LogP contribution in [0, 0.1) is 13.8 Å². The number of imidazole rings is 1. The van der Waals surface area contributed by atoms with Gasteiger partial charge in [-0.1, -0.05) is 154 Å². The van der Waals surface area contributed by atoms with Crippen LogP contribution < -0.4 is 15.1 Å². The first-order chi connectivity index (χ1) is 28.9. The van der Waals surface area contributed by atoms with Gasteiger partial charge in [-0.3, -0.25) is 4.57 Å². The van der Waals surface area contributed by atoms with Crippen LogP contribution in [-0.2, 0) is 16.2 Å². The number of hydrogen-bond donors (Lipinski definition) is 1. The summed E-state index contributed by atoms with van der Waals surface area (Å²) in [4.78, 5) is 19.9. The SMILES string of the molecule is Cc1cccc(C)c1B1N(c2ccccc2)c2ccccc2N1c1cc(C(C)(C)C)cc(C(C)(C)C(C)(C)c2cn(-c3c(C(C)C)cccc3C(C)C)c(-c3ccc[nH]3)n2)n1. The predicted octanol–water partition coefficient (Wildman–Crippen LogP) is 13.4. The molecule has 312 valence electrons. The van der Waals surface area contributed by atoms with Crippen LogP contribution in [0.1, 0.15) is 127 Å². The van der Waals surface area contributed by atoms with Crippen molar-refractivity contribution >= 4 is 35.3 Å². The average molecular weight is 807 g/mol. The lowest BCUT2D eigenvalue weighted by Gasteiger charge is -2.41. The normalized spacial score (nSPS) is 13.5. The Hall–Kier alpha value is -5.82. The van der Waals surface area contributed by atoms with Gasteiger partial charge in [-0.05, 0) is 102 Å². The third-order valence-corrected chi connectivity index (χ3v) is 13.6. The summed E-state index contributed by atoms with van der Waals surface area (Å²) in [6.45, 7) is 29.8. The number of H-pyrrole nitrogens is 1. The molecule has 0 saturated carbocycles. The smallest absolute Gasteiger partial charge is 0.360 e. The van der Waals surface area contributed by atoms with Gasteiger partial charge in [-0.25, -0.2) is 9.97 Å². The van der Waals surface area contributed by atoms with Crippen LogP contribution in [0.2, 0.25) is 0 Å². The van der Waals surface area contributed by atoms with Crippen LogP contribution in [0.4, 0.5) is 22.9 Å². The van der Waals surface area contributed by atoms with Crippen molar-refractivity contribution in [1.29, 1.82) is 0 Å². The van der Waals surface area contributed by atoms with Gasteiger partial charge in [0.05, 0.1) is 28.5 Å². The number of aryl methyl sites for hydroxylation is 2. The third-order valence-electron chi connectivity index (χ3n) is 13.6. The molecule has 4 heterocycles. The summed E-state index contributed by atoms with van der Waals surface area (Å²) >= 11 is 0. The van der Waals surface area contributed by atoms with E-state index in [1.165, 1.54) is 39.0 Å². The second-order valence-electron chi connectivity index (χ2n) is 19.8. The van der Waals surface area contributed by atoms with E-state index >= 15 is 0 Å². The molecule has 0 fully saturated rings. The highest BCUT2D eigenvalue weighted by Crippen LogP contribution is 2.49. The minimum atomic E-state index is -0.472. The Labute approximate surface area is 365 Å². The Morgan fingerprint density at radius 1 is 0.590 bits per heavy atom. The minimum absolute atomic E-state index is 0.144. The van der Waals surface area contributed by atoms with Crippen LogP contribution in [0.5, 0.6) is 0 Å². The highest BCUT2D eigenvalue weighted by Gasteiger charge is 2.48. The van der Waals surface area contributed by atoms with Crippen molar-refractivity contribution in [3.8, 4) is 17.2 Å². The molecule has 3 aromatic heterocycles. The molecule has 0 atom stereocenters. The van der Waals surface area contributed by atoms with Crippen LogP contribution in [-0.4, -0.2) is 26.5 Å². The van der Waals surface area contributed by atoms with Gasteiger partial charge in [0, 0.05) is 34.6 Å². The van der Waals surface area contributed by atoms with Crippen LogP contribution in [0.25, 0.3) is 17.2 Å². The molecule has 1 N–H and O–H groups in total. The number of nitrogens with one attached hydrogen (secondary N) is 1. The number of rotatable bonds is 10. The molecule has 0 spiro atoms. The molecule has 7 heteroatoms. The van der Waals surface area contributed by atoms with Gasteiger partial charge >= 0.3 is 6.98 Å². The van der Waals surface area contributed by atoms with Crippen LogP contribution in [0.3, 0.4) is 0 Å². The van der Waals surface area contributed by atoms with Crippen molar-refractivity contribution in [2.75, 3.05) is 9.62 Å². The van der Waals surface area contributed by atoms with Crippen LogP contribution >= 0.6 is 0 Å². The maximum Gasteiger partial charge on any atom is 0.422 e. The van der Waals surface area contributed by atoms with E-state index in [0.29, 0.717) is 11.8 Å². The lowest BCUT2D eigenvalue weighted by Crippen LogP contribution is -2.55. The summed E-state index contributed by atoms with van der Waals surface area (Å²) in [7, 11) is 0. The first-order valence-electron chi connectivity index (χ1n) is 22.1. The van der Waals surface area contributed by atoms with Gasteiger partial charge in [0.1, 0.15) is 5.82 Å². The first-order valence-corrected chi connectivity index (χ1v) is 22.1. The highest BCUT2D eigenvalue weighted by molar-refractivity contribution is 6.85. The molecule has 0 aliphatic carbocycles. The lowest BCUT2D eigenvalue weighted by atomic mass is 9.61. The van der Waals surface area contributed by atoms with Crippen molar-refractivity contribution in [1.82, 2.24) is 19.5 Å². The topological polar surface area (TPSA) is 53.0 Å². The maximum absolute atomic E-state index is 5.82. The summed E-state index contributed by atoms with van der Waals surface area (Å²) in [5, 5.41) is 0. The zero-order valence-electron chi connectivity index (χ0n) is 38.6. The summed E-state index contributed by atoms with van der Waals surface area (Å²) < 4.78 is 2.36. The Bertz CT molecular complexity index is 2630. The van der Waals surface area contributed by atoms with E-state index in [1.54, 1.807) is 0 Å². The fourth-order valence-corrected chi connectivity index (χ4v) is 9.20.